The molecule has 190 valence electrons. The molecule has 0 amide bonds. The van der Waals surface area contributed by atoms with Crippen LogP contribution in [-0.2, 0) is 6.61 Å². The van der Waals surface area contributed by atoms with E-state index in [4.69, 9.17) is 4.74 Å². The van der Waals surface area contributed by atoms with Crippen molar-refractivity contribution in [2.75, 3.05) is 0 Å². The Hall–Kier alpha value is -4.19. The van der Waals surface area contributed by atoms with Gasteiger partial charge in [0.1, 0.15) is 12.4 Å². The van der Waals surface area contributed by atoms with Crippen molar-refractivity contribution < 1.29 is 4.74 Å². The molecule has 1 atom stereocenters. The fraction of sp³-hybridized carbons (Fsp3) is 0.0811. The van der Waals surface area contributed by atoms with Gasteiger partial charge in [0, 0.05) is 5.56 Å². The topological polar surface area (TPSA) is 9.23 Å². The summed E-state index contributed by atoms with van der Waals surface area (Å²) in [6.45, 7) is 4.92. The SMILES string of the molecule is Cc1cc(-c2ccc(Pc3ccccc3)cc2)c(-c2c(OCc3ccccc3)ccc3ccccc23)cc1C. The first-order chi connectivity index (χ1) is 19.2. The Kier molecular flexibility index (Phi) is 7.26. The highest BCUT2D eigenvalue weighted by Crippen LogP contribution is 2.43. The highest BCUT2D eigenvalue weighted by molar-refractivity contribution is 7.55. The zero-order chi connectivity index (χ0) is 26.6. The molecule has 39 heavy (non-hydrogen) atoms. The summed E-state index contributed by atoms with van der Waals surface area (Å²) in [4.78, 5) is 0. The lowest BCUT2D eigenvalue weighted by molar-refractivity contribution is 0.308. The Balaban J connectivity index is 1.46. The third kappa shape index (κ3) is 5.51. The maximum Gasteiger partial charge on any atom is 0.128 e. The van der Waals surface area contributed by atoms with Crippen LogP contribution in [-0.4, -0.2) is 0 Å². The summed E-state index contributed by atoms with van der Waals surface area (Å²) >= 11 is 0. The van der Waals surface area contributed by atoms with E-state index in [0.29, 0.717) is 15.2 Å². The Bertz CT molecular complexity index is 1720. The Morgan fingerprint density at radius 3 is 1.92 bits per heavy atom. The van der Waals surface area contributed by atoms with Crippen molar-refractivity contribution in [1.82, 2.24) is 0 Å². The van der Waals surface area contributed by atoms with Crippen LogP contribution in [0.25, 0.3) is 33.0 Å². The van der Waals surface area contributed by atoms with Crippen molar-refractivity contribution in [3.05, 3.63) is 150 Å². The quantitative estimate of drug-likeness (QED) is 0.190. The van der Waals surface area contributed by atoms with E-state index >= 15 is 0 Å². The Morgan fingerprint density at radius 2 is 1.18 bits per heavy atom. The molecule has 1 unspecified atom stereocenters. The molecular formula is C37H31OP. The van der Waals surface area contributed by atoms with Crippen LogP contribution < -0.4 is 15.3 Å². The van der Waals surface area contributed by atoms with Crippen LogP contribution in [0.1, 0.15) is 16.7 Å². The van der Waals surface area contributed by atoms with Gasteiger partial charge in [0.05, 0.1) is 0 Å². The van der Waals surface area contributed by atoms with Crippen LogP contribution >= 0.6 is 8.58 Å². The van der Waals surface area contributed by atoms with Gasteiger partial charge in [0.15, 0.2) is 0 Å². The van der Waals surface area contributed by atoms with Crippen molar-refractivity contribution in [2.45, 2.75) is 20.5 Å². The Labute approximate surface area is 232 Å². The van der Waals surface area contributed by atoms with Crippen molar-refractivity contribution in [1.29, 1.82) is 0 Å². The van der Waals surface area contributed by atoms with Crippen molar-refractivity contribution >= 4 is 30.0 Å². The molecule has 0 fully saturated rings. The maximum absolute atomic E-state index is 6.53. The van der Waals surface area contributed by atoms with Gasteiger partial charge in [-0.1, -0.05) is 136 Å². The van der Waals surface area contributed by atoms with E-state index in [0.717, 1.165) is 16.9 Å². The number of hydrogen-bond acceptors (Lipinski definition) is 1. The Morgan fingerprint density at radius 1 is 0.564 bits per heavy atom. The van der Waals surface area contributed by atoms with E-state index in [1.165, 1.54) is 49.2 Å². The van der Waals surface area contributed by atoms with E-state index in [9.17, 15) is 0 Å². The minimum Gasteiger partial charge on any atom is -0.488 e. The average Bonchev–Trinajstić information content (AvgIpc) is 2.98. The molecule has 0 spiro atoms. The molecule has 0 radical (unpaired) electrons. The summed E-state index contributed by atoms with van der Waals surface area (Å²) < 4.78 is 6.53. The third-order valence-corrected chi connectivity index (χ3v) is 8.53. The maximum atomic E-state index is 6.53. The summed E-state index contributed by atoms with van der Waals surface area (Å²) in [7, 11) is 0.647. The first-order valence-corrected chi connectivity index (χ1v) is 14.4. The fourth-order valence-electron chi connectivity index (χ4n) is 5.07. The normalized spacial score (nSPS) is 11.3. The largest absolute Gasteiger partial charge is 0.488 e. The van der Waals surface area contributed by atoms with Gasteiger partial charge in [-0.25, -0.2) is 0 Å². The summed E-state index contributed by atoms with van der Waals surface area (Å²) in [5.41, 5.74) is 8.53. The lowest BCUT2D eigenvalue weighted by atomic mass is 9.88. The molecule has 0 bridgehead atoms. The summed E-state index contributed by atoms with van der Waals surface area (Å²) in [5, 5.41) is 5.11. The second-order valence-corrected chi connectivity index (χ2v) is 11.4. The molecule has 6 rings (SSSR count). The van der Waals surface area contributed by atoms with Gasteiger partial charge in [0.25, 0.3) is 0 Å². The third-order valence-electron chi connectivity index (χ3n) is 7.29. The van der Waals surface area contributed by atoms with Gasteiger partial charge in [-0.15, -0.1) is 0 Å². The van der Waals surface area contributed by atoms with Gasteiger partial charge in [-0.05, 0) is 74.7 Å². The van der Waals surface area contributed by atoms with Gasteiger partial charge in [0.2, 0.25) is 0 Å². The molecule has 0 aliphatic rings. The van der Waals surface area contributed by atoms with E-state index in [1.54, 1.807) is 0 Å². The molecule has 0 N–H and O–H groups in total. The number of hydrogen-bond donors (Lipinski definition) is 0. The number of ether oxygens (including phenoxy) is 1. The van der Waals surface area contributed by atoms with E-state index in [1.807, 2.05) is 6.07 Å². The predicted octanol–water partition coefficient (Wildman–Crippen LogP) is 9.00. The van der Waals surface area contributed by atoms with Crippen molar-refractivity contribution in [2.24, 2.45) is 0 Å². The number of aryl methyl sites for hydroxylation is 2. The van der Waals surface area contributed by atoms with Crippen LogP contribution in [0.3, 0.4) is 0 Å². The number of fused-ring (bicyclic) bond motifs is 1. The molecule has 0 heterocycles. The highest BCUT2D eigenvalue weighted by Gasteiger charge is 2.17. The van der Waals surface area contributed by atoms with Gasteiger partial charge in [-0.3, -0.25) is 0 Å². The lowest BCUT2D eigenvalue weighted by Gasteiger charge is -2.19. The summed E-state index contributed by atoms with van der Waals surface area (Å²) in [5.74, 6) is 0.907. The van der Waals surface area contributed by atoms with Crippen molar-refractivity contribution in [3.8, 4) is 28.0 Å². The molecular weight excluding hydrogens is 491 g/mol. The molecule has 0 saturated heterocycles. The van der Waals surface area contributed by atoms with E-state index in [-0.39, 0.29) is 0 Å². The number of benzene rings is 6. The molecule has 1 nitrogen and oxygen atoms in total. The molecule has 6 aromatic carbocycles. The minimum absolute atomic E-state index is 0.529. The van der Waals surface area contributed by atoms with Crippen LogP contribution in [0.4, 0.5) is 0 Å². The van der Waals surface area contributed by atoms with E-state index < -0.39 is 0 Å². The van der Waals surface area contributed by atoms with Gasteiger partial charge < -0.3 is 4.74 Å². The zero-order valence-corrected chi connectivity index (χ0v) is 23.3. The molecule has 2 heteroatoms. The average molecular weight is 523 g/mol. The molecule has 6 aromatic rings. The first-order valence-electron chi connectivity index (χ1n) is 13.4. The van der Waals surface area contributed by atoms with Gasteiger partial charge >= 0.3 is 0 Å². The van der Waals surface area contributed by atoms with Crippen molar-refractivity contribution in [3.63, 3.8) is 0 Å². The second-order valence-electron chi connectivity index (χ2n) is 9.98. The minimum atomic E-state index is 0.529. The molecule has 0 aromatic heterocycles. The summed E-state index contributed by atoms with van der Waals surface area (Å²) in [6, 6.07) is 47.7. The molecule has 0 aliphatic heterocycles. The first kappa shape index (κ1) is 25.1. The predicted molar refractivity (Wildman–Crippen MR) is 169 cm³/mol. The van der Waals surface area contributed by atoms with Gasteiger partial charge in [-0.2, -0.15) is 0 Å². The fourth-order valence-corrected chi connectivity index (χ4v) is 6.09. The molecule has 0 saturated carbocycles. The van der Waals surface area contributed by atoms with Crippen LogP contribution in [0, 0.1) is 13.8 Å². The second kappa shape index (κ2) is 11.3. The highest BCUT2D eigenvalue weighted by atomic mass is 31.1. The smallest absolute Gasteiger partial charge is 0.128 e. The molecule has 0 aliphatic carbocycles. The number of rotatable bonds is 7. The van der Waals surface area contributed by atoms with Crippen LogP contribution in [0.15, 0.2) is 133 Å². The standard InChI is InChI=1S/C37H31OP/c1-26-23-34(30-17-20-32(21-18-30)39-31-14-7-4-8-15-31)35(24-27(26)2)37-33-16-10-9-13-29(33)19-22-36(37)38-25-28-11-5-3-6-12-28/h3-24,39H,25H2,1-2H3. The van der Waals surface area contributed by atoms with Crippen LogP contribution in [0.5, 0.6) is 5.75 Å². The van der Waals surface area contributed by atoms with E-state index in [2.05, 4.69) is 141 Å². The monoisotopic (exact) mass is 522 g/mol. The van der Waals surface area contributed by atoms with Crippen LogP contribution in [0.2, 0.25) is 0 Å². The zero-order valence-electron chi connectivity index (χ0n) is 22.3. The summed E-state index contributed by atoms with van der Waals surface area (Å²) in [6.07, 6.45) is 0. The lowest BCUT2D eigenvalue weighted by Crippen LogP contribution is -2.02.